The number of carboxylic acid groups (broad SMARTS) is 1. The molecular weight excluding hydrogens is 544 g/mol. The van der Waals surface area contributed by atoms with Gasteiger partial charge in [0.1, 0.15) is 24.2 Å². The highest BCUT2D eigenvalue weighted by atomic mass is 16.5. The average molecular weight is 587 g/mol. The number of aromatic nitrogens is 1. The van der Waals surface area contributed by atoms with E-state index < -0.39 is 24.0 Å². The van der Waals surface area contributed by atoms with Gasteiger partial charge in [0.25, 0.3) is 5.91 Å². The second-order valence-corrected chi connectivity index (χ2v) is 11.2. The predicted octanol–water partition coefficient (Wildman–Crippen LogP) is 4.42. The van der Waals surface area contributed by atoms with Gasteiger partial charge in [-0.2, -0.15) is 0 Å². The van der Waals surface area contributed by atoms with Crippen LogP contribution in [0.4, 0.5) is 5.82 Å². The quantitative estimate of drug-likeness (QED) is 0.225. The fourth-order valence-electron chi connectivity index (χ4n) is 5.72. The van der Waals surface area contributed by atoms with Crippen molar-refractivity contribution in [1.82, 2.24) is 15.2 Å². The van der Waals surface area contributed by atoms with Gasteiger partial charge in [0.15, 0.2) is 6.10 Å². The number of hydrogen-bond acceptors (Lipinski definition) is 7. The number of aryl methyl sites for hydroxylation is 2. The molecule has 0 aliphatic carbocycles. The standard InChI is InChI=1S/C34H42N4O5/c39-33(31-29-14-5-4-9-25(29)18-23-43-31)37-30(34(40)41)17-21-38(22-24-42-28-12-2-1-3-13-28)20-7-6-11-27-16-15-26-10-8-19-35-32(26)36-27/h1-5,9,12-16,30-31H,6-8,10-11,17-24H2,(H,35,36)(H,37,39)(H,40,41)/t30-,31?/m0/s1. The Kier molecular flexibility index (Phi) is 11.0. The molecule has 2 aliphatic heterocycles. The Morgan fingerprint density at radius 2 is 1.84 bits per heavy atom. The molecule has 2 aromatic carbocycles. The zero-order chi connectivity index (χ0) is 29.9. The molecule has 0 radical (unpaired) electrons. The molecule has 3 heterocycles. The van der Waals surface area contributed by atoms with Crippen LogP contribution in [0.3, 0.4) is 0 Å². The third-order valence-electron chi connectivity index (χ3n) is 8.11. The summed E-state index contributed by atoms with van der Waals surface area (Å²) in [4.78, 5) is 32.4. The van der Waals surface area contributed by atoms with Gasteiger partial charge in [0, 0.05) is 25.3 Å². The fraction of sp³-hybridized carbons (Fsp3) is 0.441. The van der Waals surface area contributed by atoms with Crippen molar-refractivity contribution in [3.63, 3.8) is 0 Å². The second kappa shape index (κ2) is 15.5. The molecule has 0 spiro atoms. The first-order valence-corrected chi connectivity index (χ1v) is 15.4. The number of amides is 1. The number of nitrogens with one attached hydrogen (secondary N) is 2. The number of fused-ring (bicyclic) bond motifs is 2. The predicted molar refractivity (Wildman–Crippen MR) is 165 cm³/mol. The lowest BCUT2D eigenvalue weighted by atomic mass is 9.97. The van der Waals surface area contributed by atoms with Gasteiger partial charge in [-0.1, -0.05) is 48.5 Å². The fourth-order valence-corrected chi connectivity index (χ4v) is 5.72. The molecule has 3 aromatic rings. The summed E-state index contributed by atoms with van der Waals surface area (Å²) in [7, 11) is 0. The van der Waals surface area contributed by atoms with Crippen LogP contribution in [0.1, 0.15) is 54.2 Å². The van der Waals surface area contributed by atoms with E-state index >= 15 is 0 Å². The highest BCUT2D eigenvalue weighted by Crippen LogP contribution is 2.27. The minimum atomic E-state index is -1.05. The Morgan fingerprint density at radius 1 is 1.00 bits per heavy atom. The number of unbranched alkanes of at least 4 members (excludes halogenated alkanes) is 1. The van der Waals surface area contributed by atoms with E-state index in [-0.39, 0.29) is 6.42 Å². The minimum Gasteiger partial charge on any atom is -0.492 e. The summed E-state index contributed by atoms with van der Waals surface area (Å²) in [5.74, 6) is 0.362. The third kappa shape index (κ3) is 8.78. The number of benzene rings is 2. The maximum Gasteiger partial charge on any atom is 0.326 e. The first-order chi connectivity index (χ1) is 21.1. The van der Waals surface area contributed by atoms with E-state index in [1.165, 1.54) is 5.56 Å². The van der Waals surface area contributed by atoms with Crippen molar-refractivity contribution in [3.05, 3.63) is 89.1 Å². The third-order valence-corrected chi connectivity index (χ3v) is 8.11. The zero-order valence-corrected chi connectivity index (χ0v) is 24.7. The molecule has 2 atom stereocenters. The minimum absolute atomic E-state index is 0.277. The van der Waals surface area contributed by atoms with Gasteiger partial charge in [0.05, 0.1) is 6.61 Å². The first kappa shape index (κ1) is 30.5. The largest absolute Gasteiger partial charge is 0.492 e. The topological polar surface area (TPSA) is 113 Å². The van der Waals surface area contributed by atoms with Crippen molar-refractivity contribution in [2.24, 2.45) is 0 Å². The Morgan fingerprint density at radius 3 is 2.70 bits per heavy atom. The van der Waals surface area contributed by atoms with E-state index in [0.717, 1.165) is 80.0 Å². The summed E-state index contributed by atoms with van der Waals surface area (Å²) in [5.41, 5.74) is 4.25. The van der Waals surface area contributed by atoms with Gasteiger partial charge in [-0.15, -0.1) is 0 Å². The van der Waals surface area contributed by atoms with Crippen molar-refractivity contribution in [2.45, 2.75) is 57.1 Å². The van der Waals surface area contributed by atoms with E-state index in [2.05, 4.69) is 27.7 Å². The lowest BCUT2D eigenvalue weighted by molar-refractivity contribution is -0.145. The average Bonchev–Trinajstić information content (AvgIpc) is 3.04. The number of anilines is 1. The summed E-state index contributed by atoms with van der Waals surface area (Å²) >= 11 is 0. The molecule has 1 unspecified atom stereocenters. The lowest BCUT2D eigenvalue weighted by Gasteiger charge is -2.28. The van der Waals surface area contributed by atoms with Gasteiger partial charge >= 0.3 is 5.97 Å². The Bertz CT molecular complexity index is 1350. The number of aliphatic carboxylic acids is 1. The van der Waals surface area contributed by atoms with E-state index in [1.807, 2.05) is 54.6 Å². The van der Waals surface area contributed by atoms with Crippen LogP contribution < -0.4 is 15.4 Å². The molecule has 9 nitrogen and oxygen atoms in total. The molecule has 1 aromatic heterocycles. The van der Waals surface area contributed by atoms with Crippen LogP contribution in [0.2, 0.25) is 0 Å². The summed E-state index contributed by atoms with van der Waals surface area (Å²) in [5, 5.41) is 16.1. The molecule has 0 saturated heterocycles. The van der Waals surface area contributed by atoms with Crippen molar-refractivity contribution >= 4 is 17.7 Å². The van der Waals surface area contributed by atoms with Crippen LogP contribution in [0, 0.1) is 0 Å². The smallest absolute Gasteiger partial charge is 0.326 e. The molecule has 0 saturated carbocycles. The number of nitrogens with zero attached hydrogens (tertiary/aromatic N) is 2. The highest BCUT2D eigenvalue weighted by molar-refractivity contribution is 5.87. The summed E-state index contributed by atoms with van der Waals surface area (Å²) in [6.07, 6.45) is 5.24. The number of carbonyl (C=O) groups excluding carboxylic acids is 1. The first-order valence-electron chi connectivity index (χ1n) is 15.4. The number of rotatable bonds is 15. The van der Waals surface area contributed by atoms with Crippen molar-refractivity contribution in [2.75, 3.05) is 44.7 Å². The Labute approximate surface area is 253 Å². The van der Waals surface area contributed by atoms with Gasteiger partial charge in [-0.3, -0.25) is 9.69 Å². The zero-order valence-electron chi connectivity index (χ0n) is 24.7. The maximum absolute atomic E-state index is 13.1. The van der Waals surface area contributed by atoms with Crippen molar-refractivity contribution < 1.29 is 24.2 Å². The normalized spacial score (nSPS) is 16.4. The Balaban J connectivity index is 1.15. The molecule has 2 aliphatic rings. The van der Waals surface area contributed by atoms with E-state index in [0.29, 0.717) is 26.3 Å². The van der Waals surface area contributed by atoms with Crippen LogP contribution in [0.25, 0.3) is 0 Å². The molecule has 43 heavy (non-hydrogen) atoms. The van der Waals surface area contributed by atoms with Gasteiger partial charge in [-0.25, -0.2) is 9.78 Å². The number of pyridine rings is 1. The van der Waals surface area contributed by atoms with Crippen LogP contribution in [-0.2, 0) is 33.6 Å². The van der Waals surface area contributed by atoms with Gasteiger partial charge in [0.2, 0.25) is 0 Å². The van der Waals surface area contributed by atoms with Gasteiger partial charge < -0.3 is 25.2 Å². The highest BCUT2D eigenvalue weighted by Gasteiger charge is 2.30. The van der Waals surface area contributed by atoms with Crippen LogP contribution in [0.15, 0.2) is 66.7 Å². The molecular formula is C34H42N4O5. The number of carbonyl (C=O) groups is 2. The molecule has 1 amide bonds. The maximum atomic E-state index is 13.1. The Hall–Kier alpha value is -3.95. The van der Waals surface area contributed by atoms with E-state index in [1.54, 1.807) is 0 Å². The van der Waals surface area contributed by atoms with Crippen molar-refractivity contribution in [3.8, 4) is 5.75 Å². The number of para-hydroxylation sites is 1. The number of ether oxygens (including phenoxy) is 2. The molecule has 228 valence electrons. The van der Waals surface area contributed by atoms with Crippen LogP contribution in [0.5, 0.6) is 5.75 Å². The van der Waals surface area contributed by atoms with E-state index in [4.69, 9.17) is 14.5 Å². The SMILES string of the molecule is O=C(N[C@@H](CCN(CCCCc1ccc2c(n1)NCCC2)CCOc1ccccc1)C(=O)O)C1OCCc2ccccc21. The van der Waals surface area contributed by atoms with Crippen molar-refractivity contribution in [1.29, 1.82) is 0 Å². The van der Waals surface area contributed by atoms with Crippen LogP contribution >= 0.6 is 0 Å². The van der Waals surface area contributed by atoms with Crippen LogP contribution in [-0.4, -0.2) is 72.3 Å². The molecule has 5 rings (SSSR count). The number of hydrogen-bond donors (Lipinski definition) is 3. The summed E-state index contributed by atoms with van der Waals surface area (Å²) < 4.78 is 11.7. The second-order valence-electron chi connectivity index (χ2n) is 11.2. The van der Waals surface area contributed by atoms with E-state index in [9.17, 15) is 14.7 Å². The molecule has 3 N–H and O–H groups in total. The molecule has 0 bridgehead atoms. The summed E-state index contributed by atoms with van der Waals surface area (Å²) in [6, 6.07) is 20.6. The lowest BCUT2D eigenvalue weighted by Crippen LogP contribution is -2.46. The van der Waals surface area contributed by atoms with Gasteiger partial charge in [-0.05, 0) is 86.4 Å². The summed E-state index contributed by atoms with van der Waals surface area (Å²) in [6.45, 7) is 3.84. The number of carboxylic acids is 1. The molecule has 0 fully saturated rings. The molecule has 9 heteroatoms. The monoisotopic (exact) mass is 586 g/mol.